The Morgan fingerprint density at radius 2 is 1.81 bits per heavy atom. The predicted molar refractivity (Wildman–Crippen MR) is 78.1 cm³/mol. The average molecular weight is 293 g/mol. The van der Waals surface area contributed by atoms with Gasteiger partial charge in [-0.25, -0.2) is 4.39 Å². The normalized spacial score (nSPS) is 15.8. The van der Waals surface area contributed by atoms with E-state index >= 15 is 0 Å². The highest BCUT2D eigenvalue weighted by Gasteiger charge is 2.20. The minimum atomic E-state index is -0.355. The maximum absolute atomic E-state index is 12.7. The number of nitrogens with one attached hydrogen (secondary N) is 1. The lowest BCUT2D eigenvalue weighted by Gasteiger charge is -2.30. The van der Waals surface area contributed by atoms with E-state index in [1.165, 1.54) is 24.3 Å². The lowest BCUT2D eigenvalue weighted by Crippen LogP contribution is -2.43. The number of halogens is 1. The molecule has 0 radical (unpaired) electrons. The standard InChI is InChI=1S/C15H20FN3O2/c16-11-1-3-13(4-2-11)18-14(20)5-6-15(21)19-9-7-12(17)8-10-19/h1-4,12H,5-10,17H2,(H,18,20). The average Bonchev–Trinajstić information content (AvgIpc) is 2.48. The summed E-state index contributed by atoms with van der Waals surface area (Å²) in [5.41, 5.74) is 6.31. The summed E-state index contributed by atoms with van der Waals surface area (Å²) in [5, 5.41) is 2.64. The van der Waals surface area contributed by atoms with Gasteiger partial charge < -0.3 is 16.0 Å². The number of nitrogens with zero attached hydrogens (tertiary/aromatic N) is 1. The van der Waals surface area contributed by atoms with Crippen LogP contribution in [0.15, 0.2) is 24.3 Å². The zero-order valence-electron chi connectivity index (χ0n) is 11.8. The highest BCUT2D eigenvalue weighted by atomic mass is 19.1. The van der Waals surface area contributed by atoms with Crippen LogP contribution >= 0.6 is 0 Å². The van der Waals surface area contributed by atoms with Gasteiger partial charge in [0.05, 0.1) is 0 Å². The van der Waals surface area contributed by atoms with Crippen molar-refractivity contribution in [2.75, 3.05) is 18.4 Å². The van der Waals surface area contributed by atoms with Gasteiger partial charge in [0.15, 0.2) is 0 Å². The Labute approximate surface area is 123 Å². The molecule has 0 aromatic heterocycles. The fourth-order valence-corrected chi connectivity index (χ4v) is 2.28. The highest BCUT2D eigenvalue weighted by molar-refractivity contribution is 5.93. The summed E-state index contributed by atoms with van der Waals surface area (Å²) in [5.74, 6) is -0.619. The molecule has 2 rings (SSSR count). The van der Waals surface area contributed by atoms with Crippen LogP contribution in [0.4, 0.5) is 10.1 Å². The number of carbonyl (C=O) groups is 2. The van der Waals surface area contributed by atoms with E-state index in [2.05, 4.69) is 5.32 Å². The number of hydrogen-bond acceptors (Lipinski definition) is 3. The molecule has 21 heavy (non-hydrogen) atoms. The van der Waals surface area contributed by atoms with Crippen LogP contribution in [-0.4, -0.2) is 35.8 Å². The quantitative estimate of drug-likeness (QED) is 0.883. The summed E-state index contributed by atoms with van der Waals surface area (Å²) in [6, 6.07) is 5.70. The Balaban J connectivity index is 1.73. The number of amides is 2. The van der Waals surface area contributed by atoms with E-state index in [-0.39, 0.29) is 36.5 Å². The number of nitrogens with two attached hydrogens (primary N) is 1. The van der Waals surface area contributed by atoms with Crippen LogP contribution < -0.4 is 11.1 Å². The molecule has 1 heterocycles. The van der Waals surface area contributed by atoms with Crippen LogP contribution in [0.5, 0.6) is 0 Å². The summed E-state index contributed by atoms with van der Waals surface area (Å²) in [4.78, 5) is 25.5. The van der Waals surface area contributed by atoms with Gasteiger partial charge in [-0.15, -0.1) is 0 Å². The second-order valence-electron chi connectivity index (χ2n) is 5.27. The van der Waals surface area contributed by atoms with Crippen molar-refractivity contribution in [3.8, 4) is 0 Å². The topological polar surface area (TPSA) is 75.4 Å². The van der Waals surface area contributed by atoms with Gasteiger partial charge in [0.25, 0.3) is 0 Å². The lowest BCUT2D eigenvalue weighted by atomic mass is 10.1. The van der Waals surface area contributed by atoms with Crippen LogP contribution in [0.3, 0.4) is 0 Å². The van der Waals surface area contributed by atoms with E-state index in [0.717, 1.165) is 12.8 Å². The molecule has 6 heteroatoms. The number of likely N-dealkylation sites (tertiary alicyclic amines) is 1. The van der Waals surface area contributed by atoms with E-state index in [4.69, 9.17) is 5.73 Å². The van der Waals surface area contributed by atoms with Crippen molar-refractivity contribution in [2.45, 2.75) is 31.7 Å². The number of hydrogen-bond donors (Lipinski definition) is 2. The van der Waals surface area contributed by atoms with Gasteiger partial charge in [0.1, 0.15) is 5.82 Å². The van der Waals surface area contributed by atoms with Crippen molar-refractivity contribution >= 4 is 17.5 Å². The molecule has 5 nitrogen and oxygen atoms in total. The first-order valence-electron chi connectivity index (χ1n) is 7.13. The molecule has 0 aliphatic carbocycles. The molecule has 3 N–H and O–H groups in total. The van der Waals surface area contributed by atoms with E-state index < -0.39 is 0 Å². The molecule has 1 aromatic carbocycles. The summed E-state index contributed by atoms with van der Waals surface area (Å²) in [7, 11) is 0. The summed E-state index contributed by atoms with van der Waals surface area (Å²) < 4.78 is 12.7. The van der Waals surface area contributed by atoms with Gasteiger partial charge >= 0.3 is 0 Å². The van der Waals surface area contributed by atoms with Crippen LogP contribution in [0.1, 0.15) is 25.7 Å². The largest absolute Gasteiger partial charge is 0.343 e. The molecule has 0 bridgehead atoms. The van der Waals surface area contributed by atoms with Crippen molar-refractivity contribution < 1.29 is 14.0 Å². The van der Waals surface area contributed by atoms with Crippen molar-refractivity contribution in [1.82, 2.24) is 4.90 Å². The van der Waals surface area contributed by atoms with Crippen molar-refractivity contribution in [3.05, 3.63) is 30.1 Å². The molecule has 0 atom stereocenters. The van der Waals surface area contributed by atoms with Gasteiger partial charge in [0, 0.05) is 37.7 Å². The van der Waals surface area contributed by atoms with Crippen LogP contribution in [0, 0.1) is 5.82 Å². The van der Waals surface area contributed by atoms with Gasteiger partial charge in [-0.2, -0.15) is 0 Å². The molecule has 1 aliphatic heterocycles. The van der Waals surface area contributed by atoms with Crippen LogP contribution in [-0.2, 0) is 9.59 Å². The monoisotopic (exact) mass is 293 g/mol. The molecule has 1 aromatic rings. The lowest BCUT2D eigenvalue weighted by molar-refractivity contribution is -0.133. The highest BCUT2D eigenvalue weighted by Crippen LogP contribution is 2.12. The first-order chi connectivity index (χ1) is 10.0. The second-order valence-corrected chi connectivity index (χ2v) is 5.27. The molecule has 114 valence electrons. The smallest absolute Gasteiger partial charge is 0.224 e. The molecular weight excluding hydrogens is 273 g/mol. The van der Waals surface area contributed by atoms with Crippen molar-refractivity contribution in [3.63, 3.8) is 0 Å². The van der Waals surface area contributed by atoms with E-state index in [9.17, 15) is 14.0 Å². The minimum Gasteiger partial charge on any atom is -0.343 e. The summed E-state index contributed by atoms with van der Waals surface area (Å²) >= 11 is 0. The van der Waals surface area contributed by atoms with Gasteiger partial charge in [0.2, 0.25) is 11.8 Å². The Morgan fingerprint density at radius 1 is 1.19 bits per heavy atom. The zero-order chi connectivity index (χ0) is 15.2. The fourth-order valence-electron chi connectivity index (χ4n) is 2.28. The van der Waals surface area contributed by atoms with Gasteiger partial charge in [-0.3, -0.25) is 9.59 Å². The maximum atomic E-state index is 12.7. The number of anilines is 1. The SMILES string of the molecule is NC1CCN(C(=O)CCC(=O)Nc2ccc(F)cc2)CC1. The number of benzene rings is 1. The van der Waals surface area contributed by atoms with Gasteiger partial charge in [-0.1, -0.05) is 0 Å². The summed E-state index contributed by atoms with van der Waals surface area (Å²) in [6.45, 7) is 1.33. The molecule has 0 saturated carbocycles. The first kappa shape index (κ1) is 15.4. The Bertz CT molecular complexity index is 496. The van der Waals surface area contributed by atoms with Crippen LogP contribution in [0.25, 0.3) is 0 Å². The molecule has 1 fully saturated rings. The fraction of sp³-hybridized carbons (Fsp3) is 0.467. The number of piperidine rings is 1. The number of carbonyl (C=O) groups excluding carboxylic acids is 2. The van der Waals surface area contributed by atoms with Crippen molar-refractivity contribution in [1.29, 1.82) is 0 Å². The molecular formula is C15H20FN3O2. The Hall–Kier alpha value is -1.95. The maximum Gasteiger partial charge on any atom is 0.224 e. The van der Waals surface area contributed by atoms with E-state index in [0.29, 0.717) is 18.8 Å². The van der Waals surface area contributed by atoms with E-state index in [1.54, 1.807) is 4.90 Å². The Morgan fingerprint density at radius 3 is 2.43 bits per heavy atom. The predicted octanol–water partition coefficient (Wildman–Crippen LogP) is 1.49. The number of rotatable bonds is 4. The molecule has 1 aliphatic rings. The van der Waals surface area contributed by atoms with Crippen molar-refractivity contribution in [2.24, 2.45) is 5.73 Å². The van der Waals surface area contributed by atoms with Gasteiger partial charge in [-0.05, 0) is 37.1 Å². The third-order valence-corrected chi connectivity index (χ3v) is 3.59. The second kappa shape index (κ2) is 7.17. The van der Waals surface area contributed by atoms with E-state index in [1.807, 2.05) is 0 Å². The molecule has 2 amide bonds. The third kappa shape index (κ3) is 4.82. The zero-order valence-corrected chi connectivity index (χ0v) is 11.8. The molecule has 0 unspecified atom stereocenters. The summed E-state index contributed by atoms with van der Waals surface area (Å²) in [6.07, 6.45) is 1.93. The van der Waals surface area contributed by atoms with Crippen LogP contribution in [0.2, 0.25) is 0 Å². The molecule has 1 saturated heterocycles. The molecule has 0 spiro atoms. The Kier molecular flexibility index (Phi) is 5.27. The third-order valence-electron chi connectivity index (χ3n) is 3.59. The first-order valence-corrected chi connectivity index (χ1v) is 7.13. The minimum absolute atomic E-state index is 0.0174.